The molecule has 4 nitrogen and oxygen atoms in total. The van der Waals surface area contributed by atoms with Gasteiger partial charge in [-0.15, -0.1) is 11.3 Å². The summed E-state index contributed by atoms with van der Waals surface area (Å²) in [5.74, 6) is -1.06. The summed E-state index contributed by atoms with van der Waals surface area (Å²) in [5, 5.41) is 8.96. The van der Waals surface area contributed by atoms with E-state index in [2.05, 4.69) is 0 Å². The lowest BCUT2D eigenvalue weighted by Crippen LogP contribution is -2.32. The van der Waals surface area contributed by atoms with Gasteiger partial charge in [-0.3, -0.25) is 4.79 Å². The molecule has 0 bridgehead atoms. The predicted octanol–water partition coefficient (Wildman–Crippen LogP) is 3.25. The van der Waals surface area contributed by atoms with E-state index in [4.69, 9.17) is 5.11 Å². The van der Waals surface area contributed by atoms with Crippen LogP contribution in [0.1, 0.15) is 37.7 Å². The first-order chi connectivity index (χ1) is 10.1. The van der Waals surface area contributed by atoms with Crippen LogP contribution in [0.2, 0.25) is 0 Å². The second-order valence-electron chi connectivity index (χ2n) is 5.12. The zero-order valence-corrected chi connectivity index (χ0v) is 12.2. The van der Waals surface area contributed by atoms with Gasteiger partial charge in [0.25, 0.3) is 5.91 Å². The van der Waals surface area contributed by atoms with E-state index in [1.165, 1.54) is 6.07 Å². The van der Waals surface area contributed by atoms with Crippen molar-refractivity contribution in [3.05, 3.63) is 57.8 Å². The maximum Gasteiger partial charge on any atom is 0.345 e. The van der Waals surface area contributed by atoms with Crippen LogP contribution in [0, 0.1) is 0 Å². The summed E-state index contributed by atoms with van der Waals surface area (Å²) in [6.07, 6.45) is 2.05. The first-order valence-electron chi connectivity index (χ1n) is 6.83. The Morgan fingerprint density at radius 3 is 2.33 bits per heavy atom. The lowest BCUT2D eigenvalue weighted by atomic mass is 10.2. The summed E-state index contributed by atoms with van der Waals surface area (Å²) >= 11 is 1.04. The molecular weight excluding hydrogens is 286 g/mol. The summed E-state index contributed by atoms with van der Waals surface area (Å²) in [4.78, 5) is 26.1. The van der Waals surface area contributed by atoms with Crippen LogP contribution in [0.4, 0.5) is 0 Å². The smallest absolute Gasteiger partial charge is 0.345 e. The van der Waals surface area contributed by atoms with Gasteiger partial charge in [0.2, 0.25) is 0 Å². The number of thiophene rings is 1. The third-order valence-corrected chi connectivity index (χ3v) is 4.53. The third-order valence-electron chi connectivity index (χ3n) is 3.47. The number of amides is 1. The summed E-state index contributed by atoms with van der Waals surface area (Å²) < 4.78 is 0. The van der Waals surface area contributed by atoms with E-state index in [-0.39, 0.29) is 16.8 Å². The first kappa shape index (κ1) is 13.8. The maximum absolute atomic E-state index is 12.6. The normalized spacial score (nSPS) is 13.9. The molecule has 1 heterocycles. The Morgan fingerprint density at radius 2 is 1.76 bits per heavy atom. The monoisotopic (exact) mass is 301 g/mol. The number of carbonyl (C=O) groups is 2. The highest BCUT2D eigenvalue weighted by molar-refractivity contribution is 7.15. The van der Waals surface area contributed by atoms with Crippen molar-refractivity contribution >= 4 is 23.2 Å². The summed E-state index contributed by atoms with van der Waals surface area (Å²) in [6.45, 7) is 0.574. The Morgan fingerprint density at radius 1 is 1.10 bits per heavy atom. The number of hydrogen-bond acceptors (Lipinski definition) is 3. The molecule has 1 aromatic carbocycles. The minimum Gasteiger partial charge on any atom is -0.477 e. The van der Waals surface area contributed by atoms with Crippen molar-refractivity contribution in [2.24, 2.45) is 0 Å². The molecule has 0 spiro atoms. The predicted molar refractivity (Wildman–Crippen MR) is 80.6 cm³/mol. The van der Waals surface area contributed by atoms with Crippen LogP contribution in [0.15, 0.2) is 42.5 Å². The van der Waals surface area contributed by atoms with E-state index in [9.17, 15) is 9.59 Å². The van der Waals surface area contributed by atoms with Gasteiger partial charge in [0.1, 0.15) is 4.88 Å². The number of carbonyl (C=O) groups excluding carboxylic acids is 1. The molecule has 1 N–H and O–H groups in total. The quantitative estimate of drug-likeness (QED) is 0.922. The molecule has 1 fully saturated rings. The van der Waals surface area contributed by atoms with E-state index in [1.54, 1.807) is 6.07 Å². The molecule has 3 rings (SSSR count). The van der Waals surface area contributed by atoms with E-state index >= 15 is 0 Å². The van der Waals surface area contributed by atoms with Gasteiger partial charge in [0.15, 0.2) is 0 Å². The zero-order chi connectivity index (χ0) is 14.8. The Bertz CT molecular complexity index is 661. The average molecular weight is 301 g/mol. The lowest BCUT2D eigenvalue weighted by Gasteiger charge is -2.21. The molecule has 0 aliphatic heterocycles. The number of benzene rings is 1. The van der Waals surface area contributed by atoms with Crippen molar-refractivity contribution in [3.8, 4) is 0 Å². The van der Waals surface area contributed by atoms with Crippen molar-refractivity contribution < 1.29 is 14.7 Å². The fourth-order valence-electron chi connectivity index (χ4n) is 2.24. The number of nitrogens with zero attached hydrogens (tertiary/aromatic N) is 1. The highest BCUT2D eigenvalue weighted by Gasteiger charge is 2.33. The number of rotatable bonds is 5. The van der Waals surface area contributed by atoms with Crippen LogP contribution in [0.3, 0.4) is 0 Å². The zero-order valence-electron chi connectivity index (χ0n) is 11.4. The van der Waals surface area contributed by atoms with Gasteiger partial charge in [-0.05, 0) is 30.5 Å². The lowest BCUT2D eigenvalue weighted by molar-refractivity contribution is 0.0700. The van der Waals surface area contributed by atoms with E-state index in [0.717, 1.165) is 29.7 Å². The van der Waals surface area contributed by atoms with Crippen LogP contribution in [0.5, 0.6) is 0 Å². The molecule has 1 aliphatic carbocycles. The fraction of sp³-hybridized carbons (Fsp3) is 0.250. The van der Waals surface area contributed by atoms with Crippen LogP contribution < -0.4 is 0 Å². The highest BCUT2D eigenvalue weighted by Crippen LogP contribution is 2.31. The molecule has 108 valence electrons. The molecule has 0 unspecified atom stereocenters. The average Bonchev–Trinajstić information content (AvgIpc) is 3.20. The van der Waals surface area contributed by atoms with Crippen molar-refractivity contribution in [1.82, 2.24) is 4.90 Å². The van der Waals surface area contributed by atoms with E-state index < -0.39 is 5.97 Å². The minimum atomic E-state index is -0.986. The van der Waals surface area contributed by atoms with E-state index in [0.29, 0.717) is 11.4 Å². The Kier molecular flexibility index (Phi) is 3.75. The van der Waals surface area contributed by atoms with E-state index in [1.807, 2.05) is 35.2 Å². The Balaban J connectivity index is 1.80. The van der Waals surface area contributed by atoms with Crippen LogP contribution in [-0.2, 0) is 6.54 Å². The van der Waals surface area contributed by atoms with Crippen LogP contribution in [0.25, 0.3) is 0 Å². The summed E-state index contributed by atoms with van der Waals surface area (Å²) in [5.41, 5.74) is 1.09. The topological polar surface area (TPSA) is 57.6 Å². The van der Waals surface area contributed by atoms with Crippen LogP contribution in [-0.4, -0.2) is 27.9 Å². The largest absolute Gasteiger partial charge is 0.477 e. The minimum absolute atomic E-state index is 0.0705. The standard InChI is InChI=1S/C16H15NO3S/c18-15(13-8-9-14(21-13)16(19)20)17(12-6-7-12)10-11-4-2-1-3-5-11/h1-5,8-9,12H,6-7,10H2,(H,19,20). The van der Waals surface area contributed by atoms with Crippen molar-refractivity contribution in [2.75, 3.05) is 0 Å². The molecule has 1 saturated carbocycles. The molecule has 0 saturated heterocycles. The SMILES string of the molecule is O=C(O)c1ccc(C(=O)N(Cc2ccccc2)C2CC2)s1. The van der Waals surface area contributed by atoms with Gasteiger partial charge in [-0.1, -0.05) is 30.3 Å². The van der Waals surface area contributed by atoms with Gasteiger partial charge >= 0.3 is 5.97 Å². The molecule has 1 aliphatic rings. The highest BCUT2D eigenvalue weighted by atomic mass is 32.1. The molecule has 21 heavy (non-hydrogen) atoms. The number of carboxylic acid groups (broad SMARTS) is 1. The molecule has 1 aromatic heterocycles. The molecule has 5 heteroatoms. The second kappa shape index (κ2) is 5.69. The van der Waals surface area contributed by atoms with Gasteiger partial charge in [-0.25, -0.2) is 4.79 Å². The van der Waals surface area contributed by atoms with Crippen molar-refractivity contribution in [2.45, 2.75) is 25.4 Å². The van der Waals surface area contributed by atoms with Gasteiger partial charge in [-0.2, -0.15) is 0 Å². The third kappa shape index (κ3) is 3.13. The number of aromatic carboxylic acids is 1. The fourth-order valence-corrected chi connectivity index (χ4v) is 3.04. The van der Waals surface area contributed by atoms with Crippen molar-refractivity contribution in [3.63, 3.8) is 0 Å². The summed E-state index contributed by atoms with van der Waals surface area (Å²) in [6, 6.07) is 13.3. The van der Waals surface area contributed by atoms with Crippen LogP contribution >= 0.6 is 11.3 Å². The van der Waals surface area contributed by atoms with Gasteiger partial charge in [0, 0.05) is 12.6 Å². The molecular formula is C16H15NO3S. The van der Waals surface area contributed by atoms with Crippen molar-refractivity contribution in [1.29, 1.82) is 0 Å². The Labute approximate surface area is 126 Å². The Hall–Kier alpha value is -2.14. The molecule has 0 radical (unpaired) electrons. The van der Waals surface area contributed by atoms with Gasteiger partial charge < -0.3 is 10.0 Å². The summed E-state index contributed by atoms with van der Waals surface area (Å²) in [7, 11) is 0. The number of carboxylic acids is 1. The molecule has 2 aromatic rings. The molecule has 1 amide bonds. The van der Waals surface area contributed by atoms with Gasteiger partial charge in [0.05, 0.1) is 4.88 Å². The maximum atomic E-state index is 12.6. The second-order valence-corrected chi connectivity index (χ2v) is 6.20. The molecule has 0 atom stereocenters. The number of hydrogen-bond donors (Lipinski definition) is 1. The first-order valence-corrected chi connectivity index (χ1v) is 7.65.